The average Bonchev–Trinajstić information content (AvgIpc) is 3.09. The Labute approximate surface area is 147 Å². The number of nitrogens with zero attached hydrogens (tertiary/aromatic N) is 5. The molecule has 26 heavy (non-hydrogen) atoms. The van der Waals surface area contributed by atoms with Gasteiger partial charge in [0.05, 0.1) is 5.71 Å². The molecule has 0 bridgehead atoms. The van der Waals surface area contributed by atoms with Crippen molar-refractivity contribution in [3.05, 3.63) is 65.7 Å². The van der Waals surface area contributed by atoms with Crippen molar-refractivity contribution in [2.24, 2.45) is 5.10 Å². The first-order valence-electron chi connectivity index (χ1n) is 7.65. The van der Waals surface area contributed by atoms with Crippen molar-refractivity contribution in [3.8, 4) is 11.4 Å². The lowest BCUT2D eigenvalue weighted by Crippen LogP contribution is -2.25. The summed E-state index contributed by atoms with van der Waals surface area (Å²) in [7, 11) is 0. The molecule has 0 unspecified atom stereocenters. The lowest BCUT2D eigenvalue weighted by Gasteiger charge is -2.04. The number of hydrazone groups is 1. The average molecular weight is 356 g/mol. The lowest BCUT2D eigenvalue weighted by molar-refractivity contribution is -0.122. The molecule has 0 fully saturated rings. The van der Waals surface area contributed by atoms with Gasteiger partial charge in [-0.2, -0.15) is 9.90 Å². The second-order valence-electron chi connectivity index (χ2n) is 5.37. The van der Waals surface area contributed by atoms with E-state index in [4.69, 9.17) is 0 Å². The molecule has 1 heterocycles. The van der Waals surface area contributed by atoms with Gasteiger partial charge in [0.25, 0.3) is 5.91 Å². The number of tetrazole rings is 1. The van der Waals surface area contributed by atoms with Gasteiger partial charge in [0.1, 0.15) is 18.2 Å². The van der Waals surface area contributed by atoms with E-state index in [2.05, 4.69) is 25.9 Å². The van der Waals surface area contributed by atoms with Crippen LogP contribution in [0.15, 0.2) is 53.6 Å². The summed E-state index contributed by atoms with van der Waals surface area (Å²) >= 11 is 0. The molecular weight excluding hydrogens is 342 g/mol. The molecule has 3 rings (SSSR count). The molecule has 1 amide bonds. The van der Waals surface area contributed by atoms with Gasteiger partial charge in [-0.15, -0.1) is 10.2 Å². The number of nitrogens with one attached hydrogen (secondary N) is 1. The maximum atomic E-state index is 13.7. The number of hydrogen-bond acceptors (Lipinski definition) is 5. The number of carbonyl (C=O) groups is 1. The van der Waals surface area contributed by atoms with Gasteiger partial charge >= 0.3 is 0 Å². The predicted molar refractivity (Wildman–Crippen MR) is 90.0 cm³/mol. The van der Waals surface area contributed by atoms with Gasteiger partial charge in [-0.25, -0.2) is 14.2 Å². The third-order valence-electron chi connectivity index (χ3n) is 3.44. The zero-order valence-electron chi connectivity index (χ0n) is 13.7. The Hall–Kier alpha value is -3.49. The van der Waals surface area contributed by atoms with E-state index in [1.807, 2.05) is 30.3 Å². The van der Waals surface area contributed by atoms with E-state index in [0.717, 1.165) is 22.5 Å². The summed E-state index contributed by atoms with van der Waals surface area (Å²) < 4.78 is 26.6. The molecule has 1 N–H and O–H groups in total. The number of carbonyl (C=O) groups excluding carboxylic acids is 1. The second kappa shape index (κ2) is 7.60. The third-order valence-corrected chi connectivity index (χ3v) is 3.44. The van der Waals surface area contributed by atoms with E-state index in [1.165, 1.54) is 13.0 Å². The Morgan fingerprint density at radius 2 is 1.96 bits per heavy atom. The minimum absolute atomic E-state index is 0.0944. The van der Waals surface area contributed by atoms with Crippen LogP contribution in [0.2, 0.25) is 0 Å². The van der Waals surface area contributed by atoms with Gasteiger partial charge in [0.15, 0.2) is 0 Å². The highest BCUT2D eigenvalue weighted by Gasteiger charge is 2.10. The van der Waals surface area contributed by atoms with Gasteiger partial charge in [-0.3, -0.25) is 4.79 Å². The zero-order valence-corrected chi connectivity index (χ0v) is 13.7. The van der Waals surface area contributed by atoms with Crippen molar-refractivity contribution in [2.75, 3.05) is 0 Å². The molecule has 0 spiro atoms. The van der Waals surface area contributed by atoms with E-state index in [0.29, 0.717) is 5.82 Å². The fraction of sp³-hybridized carbons (Fsp3) is 0.118. The van der Waals surface area contributed by atoms with E-state index in [1.54, 1.807) is 0 Å². The van der Waals surface area contributed by atoms with Crippen LogP contribution in [0.4, 0.5) is 8.78 Å². The molecule has 0 atom stereocenters. The SMILES string of the molecule is C/C(=N/NC(=O)Cn1nnc(-c2ccccc2)n1)c1ccc(F)cc1F. The summed E-state index contributed by atoms with van der Waals surface area (Å²) in [5.41, 5.74) is 3.35. The number of aromatic nitrogens is 4. The van der Waals surface area contributed by atoms with E-state index < -0.39 is 17.5 Å². The fourth-order valence-electron chi connectivity index (χ4n) is 2.17. The zero-order chi connectivity index (χ0) is 18.5. The highest BCUT2D eigenvalue weighted by atomic mass is 19.1. The molecule has 7 nitrogen and oxygen atoms in total. The van der Waals surface area contributed by atoms with Crippen LogP contribution in [-0.4, -0.2) is 31.8 Å². The highest BCUT2D eigenvalue weighted by molar-refractivity contribution is 5.99. The van der Waals surface area contributed by atoms with Crippen molar-refractivity contribution < 1.29 is 13.6 Å². The first kappa shape index (κ1) is 17.3. The minimum atomic E-state index is -0.758. The molecular formula is C17H14F2N6O. The Morgan fingerprint density at radius 1 is 1.19 bits per heavy atom. The lowest BCUT2D eigenvalue weighted by atomic mass is 10.1. The second-order valence-corrected chi connectivity index (χ2v) is 5.37. The highest BCUT2D eigenvalue weighted by Crippen LogP contribution is 2.12. The number of amides is 1. The predicted octanol–water partition coefficient (Wildman–Crippen LogP) is 2.16. The molecule has 0 aliphatic rings. The van der Waals surface area contributed by atoms with Gasteiger partial charge < -0.3 is 0 Å². The normalized spacial score (nSPS) is 11.4. The van der Waals surface area contributed by atoms with Crippen LogP contribution in [-0.2, 0) is 11.3 Å². The quantitative estimate of drug-likeness (QED) is 0.561. The van der Waals surface area contributed by atoms with E-state index in [9.17, 15) is 13.6 Å². The molecule has 0 aliphatic heterocycles. The number of hydrogen-bond donors (Lipinski definition) is 1. The van der Waals surface area contributed by atoms with Crippen LogP contribution in [0.25, 0.3) is 11.4 Å². The molecule has 0 radical (unpaired) electrons. The number of benzene rings is 2. The smallest absolute Gasteiger partial charge is 0.263 e. The fourth-order valence-corrected chi connectivity index (χ4v) is 2.17. The summed E-state index contributed by atoms with van der Waals surface area (Å²) in [4.78, 5) is 13.1. The topological polar surface area (TPSA) is 85.1 Å². The molecule has 0 aliphatic carbocycles. The monoisotopic (exact) mass is 356 g/mol. The summed E-state index contributed by atoms with van der Waals surface area (Å²) in [6.45, 7) is 1.29. The van der Waals surface area contributed by atoms with Crippen LogP contribution >= 0.6 is 0 Å². The molecule has 0 saturated carbocycles. The summed E-state index contributed by atoms with van der Waals surface area (Å²) in [5, 5.41) is 15.6. The Bertz CT molecular complexity index is 955. The molecule has 132 valence electrons. The van der Waals surface area contributed by atoms with Crippen molar-refractivity contribution in [3.63, 3.8) is 0 Å². The summed E-state index contributed by atoms with van der Waals surface area (Å²) in [6.07, 6.45) is 0. The molecule has 1 aromatic heterocycles. The van der Waals surface area contributed by atoms with Crippen LogP contribution in [0.5, 0.6) is 0 Å². The summed E-state index contributed by atoms with van der Waals surface area (Å²) in [5.74, 6) is -1.56. The number of halogens is 2. The Morgan fingerprint density at radius 3 is 2.69 bits per heavy atom. The maximum absolute atomic E-state index is 13.7. The molecule has 0 saturated heterocycles. The van der Waals surface area contributed by atoms with Gasteiger partial charge in [0, 0.05) is 17.2 Å². The van der Waals surface area contributed by atoms with E-state index >= 15 is 0 Å². The summed E-state index contributed by atoms with van der Waals surface area (Å²) in [6, 6.07) is 12.3. The van der Waals surface area contributed by atoms with Gasteiger partial charge in [0.2, 0.25) is 5.82 Å². The van der Waals surface area contributed by atoms with Crippen LogP contribution in [0, 0.1) is 11.6 Å². The standard InChI is InChI=1S/C17H14F2N6O/c1-11(14-8-7-13(18)9-15(14)19)20-21-16(26)10-25-23-17(22-24-25)12-5-3-2-4-6-12/h2-9H,10H2,1H3,(H,21,26)/b20-11-. The number of rotatable bonds is 5. The van der Waals surface area contributed by atoms with Crippen molar-refractivity contribution in [1.82, 2.24) is 25.6 Å². The minimum Gasteiger partial charge on any atom is -0.271 e. The first-order valence-corrected chi connectivity index (χ1v) is 7.65. The first-order chi connectivity index (χ1) is 12.5. The van der Waals surface area contributed by atoms with Crippen LogP contribution in [0.1, 0.15) is 12.5 Å². The molecule has 2 aromatic carbocycles. The van der Waals surface area contributed by atoms with Crippen molar-refractivity contribution in [2.45, 2.75) is 13.5 Å². The van der Waals surface area contributed by atoms with Gasteiger partial charge in [-0.1, -0.05) is 30.3 Å². The largest absolute Gasteiger partial charge is 0.271 e. The Balaban J connectivity index is 1.63. The van der Waals surface area contributed by atoms with Crippen molar-refractivity contribution >= 4 is 11.6 Å². The van der Waals surface area contributed by atoms with Gasteiger partial charge in [-0.05, 0) is 24.3 Å². The van der Waals surface area contributed by atoms with Crippen LogP contribution in [0.3, 0.4) is 0 Å². The maximum Gasteiger partial charge on any atom is 0.263 e. The Kier molecular flexibility index (Phi) is 5.07. The third kappa shape index (κ3) is 4.12. The van der Waals surface area contributed by atoms with Crippen molar-refractivity contribution in [1.29, 1.82) is 0 Å². The van der Waals surface area contributed by atoms with Crippen LogP contribution < -0.4 is 5.43 Å². The molecule has 9 heteroatoms. The molecule has 3 aromatic rings. The van der Waals surface area contributed by atoms with E-state index in [-0.39, 0.29) is 17.8 Å².